The van der Waals surface area contributed by atoms with Gasteiger partial charge in [0.25, 0.3) is 5.91 Å². The van der Waals surface area contributed by atoms with Gasteiger partial charge in [0, 0.05) is 39.8 Å². The van der Waals surface area contributed by atoms with E-state index < -0.39 is 5.97 Å². The quantitative estimate of drug-likeness (QED) is 0.857. The summed E-state index contributed by atoms with van der Waals surface area (Å²) in [4.78, 5) is 27.9. The molecule has 0 spiro atoms. The van der Waals surface area contributed by atoms with E-state index in [2.05, 4.69) is 10.00 Å². The first kappa shape index (κ1) is 18.7. The fourth-order valence-electron chi connectivity index (χ4n) is 3.00. The molecule has 1 amide bonds. The summed E-state index contributed by atoms with van der Waals surface area (Å²) < 4.78 is 1.31. The zero-order valence-corrected chi connectivity index (χ0v) is 15.7. The van der Waals surface area contributed by atoms with Crippen molar-refractivity contribution in [2.24, 2.45) is 7.05 Å². The van der Waals surface area contributed by atoms with Crippen LogP contribution in [-0.4, -0.2) is 62.7 Å². The average Bonchev–Trinajstić information content (AvgIpc) is 3.00. The van der Waals surface area contributed by atoms with Crippen LogP contribution >= 0.6 is 23.2 Å². The predicted octanol–water partition coefficient (Wildman–Crippen LogP) is 2.38. The number of aromatic carboxylic acids is 1. The van der Waals surface area contributed by atoms with Crippen LogP contribution in [0.2, 0.25) is 10.0 Å². The highest BCUT2D eigenvalue weighted by atomic mass is 35.5. The lowest BCUT2D eigenvalue weighted by Gasteiger charge is -2.34. The van der Waals surface area contributed by atoms with Gasteiger partial charge in [-0.2, -0.15) is 5.10 Å². The van der Waals surface area contributed by atoms with Gasteiger partial charge in [-0.05, 0) is 17.7 Å². The average molecular weight is 397 g/mol. The van der Waals surface area contributed by atoms with E-state index >= 15 is 0 Å². The van der Waals surface area contributed by atoms with Gasteiger partial charge in [0.2, 0.25) is 0 Å². The molecular formula is C17H18Cl2N4O3. The number of benzene rings is 1. The molecule has 138 valence electrons. The molecule has 7 nitrogen and oxygen atoms in total. The molecular weight excluding hydrogens is 379 g/mol. The molecule has 0 aliphatic carbocycles. The molecule has 0 radical (unpaired) electrons. The van der Waals surface area contributed by atoms with Crippen LogP contribution in [0.25, 0.3) is 0 Å². The van der Waals surface area contributed by atoms with Crippen molar-refractivity contribution in [3.8, 4) is 0 Å². The van der Waals surface area contributed by atoms with Gasteiger partial charge in [-0.3, -0.25) is 14.4 Å². The predicted molar refractivity (Wildman–Crippen MR) is 97.8 cm³/mol. The van der Waals surface area contributed by atoms with E-state index in [4.69, 9.17) is 23.2 Å². The first-order valence-corrected chi connectivity index (χ1v) is 8.83. The Kier molecular flexibility index (Phi) is 5.50. The van der Waals surface area contributed by atoms with E-state index in [1.807, 2.05) is 12.1 Å². The maximum absolute atomic E-state index is 12.7. The third-order valence-corrected chi connectivity index (χ3v) is 5.16. The van der Waals surface area contributed by atoms with E-state index in [0.29, 0.717) is 42.8 Å². The number of carbonyl (C=O) groups is 2. The first-order valence-electron chi connectivity index (χ1n) is 8.07. The highest BCUT2D eigenvalue weighted by molar-refractivity contribution is 6.42. The Labute approximate surface area is 160 Å². The number of rotatable bonds is 4. The second-order valence-electron chi connectivity index (χ2n) is 6.15. The van der Waals surface area contributed by atoms with Crippen LogP contribution in [0.5, 0.6) is 0 Å². The smallest absolute Gasteiger partial charge is 0.339 e. The van der Waals surface area contributed by atoms with Gasteiger partial charge in [0.1, 0.15) is 11.3 Å². The molecule has 2 aromatic rings. The summed E-state index contributed by atoms with van der Waals surface area (Å²) in [6, 6.07) is 5.55. The molecule has 1 fully saturated rings. The lowest BCUT2D eigenvalue weighted by atomic mass is 10.1. The topological polar surface area (TPSA) is 78.7 Å². The molecule has 0 atom stereocenters. The van der Waals surface area contributed by atoms with Crippen molar-refractivity contribution in [3.05, 3.63) is 51.3 Å². The van der Waals surface area contributed by atoms with Crippen molar-refractivity contribution in [3.63, 3.8) is 0 Å². The first-order chi connectivity index (χ1) is 12.4. The van der Waals surface area contributed by atoms with Gasteiger partial charge in [0.05, 0.1) is 16.2 Å². The summed E-state index contributed by atoms with van der Waals surface area (Å²) in [6.45, 7) is 3.12. The summed E-state index contributed by atoms with van der Waals surface area (Å²) in [5.74, 6) is -1.46. The number of amides is 1. The van der Waals surface area contributed by atoms with E-state index in [0.717, 1.165) is 5.56 Å². The number of halogens is 2. The van der Waals surface area contributed by atoms with E-state index in [9.17, 15) is 14.7 Å². The number of nitrogens with zero attached hydrogens (tertiary/aromatic N) is 4. The summed E-state index contributed by atoms with van der Waals surface area (Å²) in [6.07, 6.45) is 1.20. The molecule has 26 heavy (non-hydrogen) atoms. The lowest BCUT2D eigenvalue weighted by Crippen LogP contribution is -2.48. The van der Waals surface area contributed by atoms with Crippen LogP contribution in [0.1, 0.15) is 26.4 Å². The zero-order chi connectivity index (χ0) is 18.8. The molecule has 1 N–H and O–H groups in total. The number of hydrogen-bond donors (Lipinski definition) is 1. The summed E-state index contributed by atoms with van der Waals surface area (Å²) >= 11 is 12.0. The molecule has 9 heteroatoms. The van der Waals surface area contributed by atoms with Gasteiger partial charge in [-0.1, -0.05) is 29.3 Å². The number of carboxylic acid groups (broad SMARTS) is 1. The second kappa shape index (κ2) is 7.65. The Morgan fingerprint density at radius 1 is 1.15 bits per heavy atom. The molecule has 1 aliphatic rings. The van der Waals surface area contributed by atoms with Gasteiger partial charge < -0.3 is 10.0 Å². The highest BCUT2D eigenvalue weighted by Gasteiger charge is 2.28. The normalized spacial score (nSPS) is 15.3. The Morgan fingerprint density at radius 3 is 2.46 bits per heavy atom. The monoisotopic (exact) mass is 396 g/mol. The molecule has 1 aromatic heterocycles. The zero-order valence-electron chi connectivity index (χ0n) is 14.2. The number of hydrogen-bond acceptors (Lipinski definition) is 4. The summed E-state index contributed by atoms with van der Waals surface area (Å²) in [5, 5.41) is 14.2. The van der Waals surface area contributed by atoms with Gasteiger partial charge in [-0.15, -0.1) is 0 Å². The molecule has 3 rings (SSSR count). The molecule has 1 aliphatic heterocycles. The number of carbonyl (C=O) groups excluding carboxylic acids is 1. The van der Waals surface area contributed by atoms with Crippen LogP contribution < -0.4 is 0 Å². The Hall–Kier alpha value is -2.09. The van der Waals surface area contributed by atoms with Gasteiger partial charge in [-0.25, -0.2) is 4.79 Å². The van der Waals surface area contributed by atoms with E-state index in [1.54, 1.807) is 18.0 Å². The minimum atomic E-state index is -1.15. The number of carboxylic acids is 1. The largest absolute Gasteiger partial charge is 0.478 e. The summed E-state index contributed by atoms with van der Waals surface area (Å²) in [5.41, 5.74) is 1.09. The number of aromatic nitrogens is 2. The minimum Gasteiger partial charge on any atom is -0.478 e. The lowest BCUT2D eigenvalue weighted by molar-refractivity contribution is 0.0599. The van der Waals surface area contributed by atoms with Crippen LogP contribution in [-0.2, 0) is 13.6 Å². The van der Waals surface area contributed by atoms with Gasteiger partial charge >= 0.3 is 5.97 Å². The van der Waals surface area contributed by atoms with Gasteiger partial charge in [0.15, 0.2) is 0 Å². The van der Waals surface area contributed by atoms with Crippen molar-refractivity contribution in [2.45, 2.75) is 6.54 Å². The third kappa shape index (κ3) is 3.85. The van der Waals surface area contributed by atoms with Crippen LogP contribution in [0.4, 0.5) is 0 Å². The van der Waals surface area contributed by atoms with Crippen LogP contribution in [0, 0.1) is 0 Å². The van der Waals surface area contributed by atoms with E-state index in [-0.39, 0.29) is 17.2 Å². The molecule has 1 aromatic carbocycles. The van der Waals surface area contributed by atoms with Crippen molar-refractivity contribution in [2.75, 3.05) is 26.2 Å². The molecule has 0 saturated carbocycles. The maximum atomic E-state index is 12.7. The van der Waals surface area contributed by atoms with Crippen molar-refractivity contribution in [1.82, 2.24) is 19.6 Å². The third-order valence-electron chi connectivity index (χ3n) is 4.42. The molecule has 0 bridgehead atoms. The fraction of sp³-hybridized carbons (Fsp3) is 0.353. The standard InChI is InChI=1S/C17H18Cl2N4O3/c1-21-15(12(9-20-21)17(25)26)16(24)23-6-4-22(5-7-23)10-11-2-3-13(18)14(19)8-11/h2-3,8-9H,4-7,10H2,1H3,(H,25,26). The number of piperazine rings is 1. The summed E-state index contributed by atoms with van der Waals surface area (Å²) in [7, 11) is 1.57. The molecule has 2 heterocycles. The SMILES string of the molecule is Cn1ncc(C(=O)O)c1C(=O)N1CCN(Cc2ccc(Cl)c(Cl)c2)CC1. The highest BCUT2D eigenvalue weighted by Crippen LogP contribution is 2.23. The Balaban J connectivity index is 1.63. The Morgan fingerprint density at radius 2 is 1.85 bits per heavy atom. The maximum Gasteiger partial charge on any atom is 0.339 e. The van der Waals surface area contributed by atoms with Crippen LogP contribution in [0.15, 0.2) is 24.4 Å². The van der Waals surface area contributed by atoms with Crippen molar-refractivity contribution < 1.29 is 14.7 Å². The Bertz CT molecular complexity index is 845. The second-order valence-corrected chi connectivity index (χ2v) is 6.97. The molecule has 0 unspecified atom stereocenters. The number of aryl methyl sites for hydroxylation is 1. The van der Waals surface area contributed by atoms with Crippen LogP contribution in [0.3, 0.4) is 0 Å². The van der Waals surface area contributed by atoms with Crippen molar-refractivity contribution >= 4 is 35.1 Å². The fourth-order valence-corrected chi connectivity index (χ4v) is 3.32. The minimum absolute atomic E-state index is 0.0734. The molecule has 1 saturated heterocycles. The van der Waals surface area contributed by atoms with E-state index in [1.165, 1.54) is 10.9 Å². The van der Waals surface area contributed by atoms with Crippen molar-refractivity contribution in [1.29, 1.82) is 0 Å².